The summed E-state index contributed by atoms with van der Waals surface area (Å²) in [6.45, 7) is 1.91. The van der Waals surface area contributed by atoms with Crippen LogP contribution < -0.4 is 20.1 Å². The first-order valence-electron chi connectivity index (χ1n) is 7.06. The second kappa shape index (κ2) is 7.82. The van der Waals surface area contributed by atoms with Gasteiger partial charge >= 0.3 is 6.03 Å². The van der Waals surface area contributed by atoms with Crippen molar-refractivity contribution in [3.63, 3.8) is 0 Å². The topological polar surface area (TPSA) is 103 Å². The first-order chi connectivity index (χ1) is 11.5. The fourth-order valence-corrected chi connectivity index (χ4v) is 1.89. The van der Waals surface area contributed by atoms with Crippen LogP contribution in [0.15, 0.2) is 42.5 Å². The SMILES string of the molecule is COc1ccc([N+](=O)[O-])cc1NC(=O)NCOc1ccc(C)cc1. The number of nitrogens with zero attached hydrogens (tertiary/aromatic N) is 1. The summed E-state index contributed by atoms with van der Waals surface area (Å²) in [5, 5.41) is 15.8. The van der Waals surface area contributed by atoms with E-state index in [1.54, 1.807) is 12.1 Å². The smallest absolute Gasteiger partial charge is 0.321 e. The molecule has 2 amide bonds. The van der Waals surface area contributed by atoms with Gasteiger partial charge in [0.1, 0.15) is 11.5 Å². The van der Waals surface area contributed by atoms with Crippen LogP contribution in [0.1, 0.15) is 5.56 Å². The molecule has 0 radical (unpaired) electrons. The van der Waals surface area contributed by atoms with Crippen LogP contribution in [0.3, 0.4) is 0 Å². The number of hydrogen-bond donors (Lipinski definition) is 2. The van der Waals surface area contributed by atoms with Crippen LogP contribution in [0.5, 0.6) is 11.5 Å². The number of hydrogen-bond acceptors (Lipinski definition) is 5. The van der Waals surface area contributed by atoms with E-state index in [4.69, 9.17) is 9.47 Å². The molecule has 2 N–H and O–H groups in total. The Morgan fingerprint density at radius 1 is 1.21 bits per heavy atom. The Labute approximate surface area is 138 Å². The van der Waals surface area contributed by atoms with Gasteiger partial charge in [0, 0.05) is 12.1 Å². The van der Waals surface area contributed by atoms with Gasteiger partial charge in [-0.05, 0) is 25.1 Å². The van der Waals surface area contributed by atoms with E-state index >= 15 is 0 Å². The third-order valence-corrected chi connectivity index (χ3v) is 3.13. The number of nitro groups is 1. The normalized spacial score (nSPS) is 9.92. The van der Waals surface area contributed by atoms with Gasteiger partial charge in [-0.15, -0.1) is 0 Å². The van der Waals surface area contributed by atoms with Gasteiger partial charge in [0.05, 0.1) is 17.7 Å². The molecule has 0 saturated heterocycles. The molecule has 8 nitrogen and oxygen atoms in total. The molecule has 2 rings (SSSR count). The van der Waals surface area contributed by atoms with Gasteiger partial charge in [-0.1, -0.05) is 17.7 Å². The lowest BCUT2D eigenvalue weighted by Gasteiger charge is -2.12. The van der Waals surface area contributed by atoms with Crippen LogP contribution in [0.4, 0.5) is 16.2 Å². The van der Waals surface area contributed by atoms with Crippen molar-refractivity contribution in [2.45, 2.75) is 6.92 Å². The molecule has 0 aliphatic carbocycles. The van der Waals surface area contributed by atoms with Crippen molar-refractivity contribution < 1.29 is 19.2 Å². The second-order valence-electron chi connectivity index (χ2n) is 4.87. The van der Waals surface area contributed by atoms with Gasteiger partial charge in [-0.3, -0.25) is 10.1 Å². The average molecular weight is 331 g/mol. The zero-order valence-corrected chi connectivity index (χ0v) is 13.2. The molecule has 0 aliphatic rings. The van der Waals surface area contributed by atoms with E-state index < -0.39 is 11.0 Å². The largest absolute Gasteiger partial charge is 0.495 e. The molecule has 0 atom stereocenters. The number of rotatable bonds is 6. The molecular formula is C16H17N3O5. The van der Waals surface area contributed by atoms with Crippen LogP contribution in [0.2, 0.25) is 0 Å². The predicted octanol–water partition coefficient (Wildman–Crippen LogP) is 3.07. The summed E-state index contributed by atoms with van der Waals surface area (Å²) in [4.78, 5) is 22.1. The molecule has 8 heteroatoms. The summed E-state index contributed by atoms with van der Waals surface area (Å²) in [5.74, 6) is 0.934. The molecule has 0 aliphatic heterocycles. The standard InChI is InChI=1S/C16H17N3O5/c1-11-3-6-13(7-4-11)24-10-17-16(20)18-14-9-12(19(21)22)5-8-15(14)23-2/h3-9H,10H2,1-2H3,(H2,17,18,20). The number of urea groups is 1. The molecule has 0 heterocycles. The summed E-state index contributed by atoms with van der Waals surface area (Å²) in [6.07, 6.45) is 0. The highest BCUT2D eigenvalue weighted by Gasteiger charge is 2.13. The van der Waals surface area contributed by atoms with E-state index in [0.717, 1.165) is 5.56 Å². The highest BCUT2D eigenvalue weighted by molar-refractivity contribution is 5.91. The molecule has 0 saturated carbocycles. The molecule has 24 heavy (non-hydrogen) atoms. The first kappa shape index (κ1) is 17.1. The van der Waals surface area contributed by atoms with E-state index in [1.165, 1.54) is 25.3 Å². The highest BCUT2D eigenvalue weighted by Crippen LogP contribution is 2.28. The molecular weight excluding hydrogens is 314 g/mol. The molecule has 0 aromatic heterocycles. The van der Waals surface area contributed by atoms with Gasteiger partial charge in [0.25, 0.3) is 5.69 Å². The summed E-state index contributed by atoms with van der Waals surface area (Å²) in [6, 6.07) is 10.7. The summed E-state index contributed by atoms with van der Waals surface area (Å²) in [5.41, 5.74) is 1.15. The zero-order chi connectivity index (χ0) is 17.5. The minimum absolute atomic E-state index is 0.0495. The lowest BCUT2D eigenvalue weighted by atomic mass is 10.2. The lowest BCUT2D eigenvalue weighted by Crippen LogP contribution is -2.32. The number of non-ortho nitro benzene ring substituents is 1. The van der Waals surface area contributed by atoms with Crippen LogP contribution in [-0.2, 0) is 0 Å². The average Bonchev–Trinajstić information content (AvgIpc) is 2.56. The Hall–Kier alpha value is -3.29. The monoisotopic (exact) mass is 331 g/mol. The Morgan fingerprint density at radius 3 is 2.54 bits per heavy atom. The number of anilines is 1. The lowest BCUT2D eigenvalue weighted by molar-refractivity contribution is -0.384. The number of carbonyl (C=O) groups excluding carboxylic acids is 1. The van der Waals surface area contributed by atoms with Crippen LogP contribution in [-0.4, -0.2) is 24.8 Å². The quantitative estimate of drug-likeness (QED) is 0.481. The van der Waals surface area contributed by atoms with E-state index in [9.17, 15) is 14.9 Å². The number of ether oxygens (including phenoxy) is 2. The number of aryl methyl sites for hydroxylation is 1. The van der Waals surface area contributed by atoms with Gasteiger partial charge in [-0.2, -0.15) is 0 Å². The van der Waals surface area contributed by atoms with Crippen LogP contribution >= 0.6 is 0 Å². The third kappa shape index (κ3) is 4.60. The molecule has 2 aromatic rings. The van der Waals surface area contributed by atoms with Crippen molar-refractivity contribution in [3.8, 4) is 11.5 Å². The van der Waals surface area contributed by atoms with Gasteiger partial charge in [0.2, 0.25) is 0 Å². The molecule has 126 valence electrons. The third-order valence-electron chi connectivity index (χ3n) is 3.13. The Morgan fingerprint density at radius 2 is 1.92 bits per heavy atom. The number of amides is 2. The summed E-state index contributed by atoms with van der Waals surface area (Å²) < 4.78 is 10.4. The minimum atomic E-state index is -0.569. The van der Waals surface area contributed by atoms with E-state index in [-0.39, 0.29) is 18.1 Å². The maximum absolute atomic E-state index is 11.9. The first-order valence-corrected chi connectivity index (χ1v) is 7.06. The fraction of sp³-hybridized carbons (Fsp3) is 0.188. The molecule has 0 spiro atoms. The van der Waals surface area contributed by atoms with Gasteiger partial charge in [-0.25, -0.2) is 4.79 Å². The van der Waals surface area contributed by atoms with E-state index in [2.05, 4.69) is 10.6 Å². The van der Waals surface area contributed by atoms with Gasteiger partial charge in [0.15, 0.2) is 6.73 Å². The number of nitro benzene ring substituents is 1. The summed E-state index contributed by atoms with van der Waals surface area (Å²) >= 11 is 0. The van der Waals surface area contributed by atoms with Crippen molar-refractivity contribution in [2.75, 3.05) is 19.2 Å². The van der Waals surface area contributed by atoms with Crippen molar-refractivity contribution in [1.29, 1.82) is 0 Å². The number of benzene rings is 2. The zero-order valence-electron chi connectivity index (χ0n) is 13.2. The molecule has 0 unspecified atom stereocenters. The Balaban J connectivity index is 1.93. The van der Waals surface area contributed by atoms with Crippen molar-refractivity contribution in [1.82, 2.24) is 5.32 Å². The molecule has 0 fully saturated rings. The van der Waals surface area contributed by atoms with Crippen LogP contribution in [0.25, 0.3) is 0 Å². The number of methoxy groups -OCH3 is 1. The van der Waals surface area contributed by atoms with Crippen LogP contribution in [0, 0.1) is 17.0 Å². The van der Waals surface area contributed by atoms with E-state index in [0.29, 0.717) is 11.5 Å². The molecule has 0 bridgehead atoms. The predicted molar refractivity (Wildman–Crippen MR) is 88.5 cm³/mol. The second-order valence-corrected chi connectivity index (χ2v) is 4.87. The fourth-order valence-electron chi connectivity index (χ4n) is 1.89. The number of carbonyl (C=O) groups is 1. The van der Waals surface area contributed by atoms with Crippen molar-refractivity contribution in [2.24, 2.45) is 0 Å². The van der Waals surface area contributed by atoms with Gasteiger partial charge < -0.3 is 20.1 Å². The maximum atomic E-state index is 11.9. The Bertz CT molecular complexity index is 731. The molecule has 2 aromatic carbocycles. The Kier molecular flexibility index (Phi) is 5.56. The van der Waals surface area contributed by atoms with E-state index in [1.807, 2.05) is 19.1 Å². The van der Waals surface area contributed by atoms with Crippen molar-refractivity contribution in [3.05, 3.63) is 58.1 Å². The summed E-state index contributed by atoms with van der Waals surface area (Å²) in [7, 11) is 1.41. The number of nitrogens with one attached hydrogen (secondary N) is 2. The maximum Gasteiger partial charge on any atom is 0.321 e. The van der Waals surface area contributed by atoms with Crippen molar-refractivity contribution >= 4 is 17.4 Å². The highest BCUT2D eigenvalue weighted by atomic mass is 16.6. The minimum Gasteiger partial charge on any atom is -0.495 e.